The number of nitrogens with one attached hydrogen (secondary N) is 2. The number of anilines is 2. The molecule has 0 radical (unpaired) electrons. The van der Waals surface area contributed by atoms with Crippen LogP contribution >= 0.6 is 0 Å². The van der Waals surface area contributed by atoms with Crippen LogP contribution in [-0.4, -0.2) is 41.3 Å². The lowest BCUT2D eigenvalue weighted by Crippen LogP contribution is -2.38. The molecular weight excluding hydrogens is 372 g/mol. The van der Waals surface area contributed by atoms with Crippen LogP contribution in [0.25, 0.3) is 0 Å². The van der Waals surface area contributed by atoms with Crippen LogP contribution in [0.4, 0.5) is 17.1 Å². The Morgan fingerprint density at radius 1 is 1.10 bits per heavy atom. The normalized spacial score (nSPS) is 14.2. The molecule has 2 amide bonds. The Hall–Kier alpha value is -3.42. The Kier molecular flexibility index (Phi) is 6.78. The molecule has 0 aromatic heterocycles. The summed E-state index contributed by atoms with van der Waals surface area (Å²) >= 11 is 0. The van der Waals surface area contributed by atoms with Crippen molar-refractivity contribution in [3.05, 3.63) is 64.2 Å². The molecule has 8 nitrogen and oxygen atoms in total. The standard InChI is InChI=1S/C21H24N4O4/c26-20-9-5-2-6-13-24(20)14-12-22-21(27)16-10-11-18(19(15-16)25(28)29)23-17-7-3-1-4-8-17/h1,3-4,7-8,10-11,15,23H,2,5-6,9,12-14H2,(H,22,27). The summed E-state index contributed by atoms with van der Waals surface area (Å²) in [7, 11) is 0. The second-order valence-electron chi connectivity index (χ2n) is 6.93. The lowest BCUT2D eigenvalue weighted by atomic mass is 10.1. The average molecular weight is 396 g/mol. The Morgan fingerprint density at radius 3 is 2.66 bits per heavy atom. The number of likely N-dealkylation sites (tertiary alicyclic amines) is 1. The topological polar surface area (TPSA) is 105 Å². The van der Waals surface area contributed by atoms with Gasteiger partial charge in [-0.1, -0.05) is 24.6 Å². The predicted molar refractivity (Wildman–Crippen MR) is 110 cm³/mol. The van der Waals surface area contributed by atoms with E-state index in [-0.39, 0.29) is 17.2 Å². The molecule has 0 saturated carbocycles. The highest BCUT2D eigenvalue weighted by Crippen LogP contribution is 2.28. The Morgan fingerprint density at radius 2 is 1.90 bits per heavy atom. The van der Waals surface area contributed by atoms with Gasteiger partial charge in [0.2, 0.25) is 5.91 Å². The number of nitro benzene ring substituents is 1. The fourth-order valence-corrected chi connectivity index (χ4v) is 3.29. The number of benzene rings is 2. The van der Waals surface area contributed by atoms with Crippen molar-refractivity contribution in [1.82, 2.24) is 10.2 Å². The van der Waals surface area contributed by atoms with Crippen molar-refractivity contribution in [2.75, 3.05) is 25.0 Å². The van der Waals surface area contributed by atoms with Gasteiger partial charge < -0.3 is 15.5 Å². The molecule has 0 unspecified atom stereocenters. The van der Waals surface area contributed by atoms with Crippen LogP contribution in [0.1, 0.15) is 36.0 Å². The van der Waals surface area contributed by atoms with E-state index < -0.39 is 10.8 Å². The van der Waals surface area contributed by atoms with E-state index in [0.29, 0.717) is 31.7 Å². The van der Waals surface area contributed by atoms with Gasteiger partial charge in [-0.05, 0) is 37.1 Å². The number of carbonyl (C=O) groups is 2. The number of nitro groups is 1. The molecule has 152 valence electrons. The van der Waals surface area contributed by atoms with Gasteiger partial charge in [-0.3, -0.25) is 19.7 Å². The highest BCUT2D eigenvalue weighted by Gasteiger charge is 2.19. The molecule has 0 atom stereocenters. The molecule has 0 bridgehead atoms. The van der Waals surface area contributed by atoms with Gasteiger partial charge in [0.25, 0.3) is 11.6 Å². The minimum absolute atomic E-state index is 0.115. The Labute approximate surface area is 169 Å². The van der Waals surface area contributed by atoms with E-state index in [4.69, 9.17) is 0 Å². The summed E-state index contributed by atoms with van der Waals surface area (Å²) in [6, 6.07) is 13.4. The lowest BCUT2D eigenvalue weighted by molar-refractivity contribution is -0.383. The number of hydrogen-bond donors (Lipinski definition) is 2. The maximum atomic E-state index is 12.4. The third kappa shape index (κ3) is 5.54. The molecular formula is C21H24N4O4. The molecule has 29 heavy (non-hydrogen) atoms. The second-order valence-corrected chi connectivity index (χ2v) is 6.93. The molecule has 2 N–H and O–H groups in total. The van der Waals surface area contributed by atoms with Crippen molar-refractivity contribution in [1.29, 1.82) is 0 Å². The van der Waals surface area contributed by atoms with E-state index in [1.807, 2.05) is 18.2 Å². The van der Waals surface area contributed by atoms with Crippen LogP contribution in [0.2, 0.25) is 0 Å². The summed E-state index contributed by atoms with van der Waals surface area (Å²) in [6.45, 7) is 1.46. The van der Waals surface area contributed by atoms with Crippen LogP contribution in [0.15, 0.2) is 48.5 Å². The van der Waals surface area contributed by atoms with Crippen molar-refractivity contribution in [2.24, 2.45) is 0 Å². The largest absolute Gasteiger partial charge is 0.350 e. The van der Waals surface area contributed by atoms with E-state index in [1.54, 1.807) is 23.1 Å². The van der Waals surface area contributed by atoms with E-state index in [1.165, 1.54) is 12.1 Å². The molecule has 0 spiro atoms. The Balaban J connectivity index is 1.63. The first-order chi connectivity index (χ1) is 14.0. The van der Waals surface area contributed by atoms with Crippen LogP contribution in [-0.2, 0) is 4.79 Å². The zero-order valence-corrected chi connectivity index (χ0v) is 16.1. The van der Waals surface area contributed by atoms with Gasteiger partial charge in [-0.15, -0.1) is 0 Å². The van der Waals surface area contributed by atoms with E-state index in [0.717, 1.165) is 24.9 Å². The first kappa shape index (κ1) is 20.3. The summed E-state index contributed by atoms with van der Waals surface area (Å²) in [5.41, 5.74) is 1.06. The SMILES string of the molecule is O=C(NCCN1CCCCCC1=O)c1ccc(Nc2ccccc2)c([N+](=O)[O-])c1. The van der Waals surface area contributed by atoms with E-state index >= 15 is 0 Å². The number of amides is 2. The Bertz CT molecular complexity index is 886. The molecule has 2 aromatic carbocycles. The molecule has 1 saturated heterocycles. The minimum atomic E-state index is -0.516. The summed E-state index contributed by atoms with van der Waals surface area (Å²) in [5.74, 6) is -0.287. The fraction of sp³-hybridized carbons (Fsp3) is 0.333. The first-order valence-electron chi connectivity index (χ1n) is 9.71. The molecule has 8 heteroatoms. The summed E-state index contributed by atoms with van der Waals surface area (Å²) < 4.78 is 0. The van der Waals surface area contributed by atoms with Gasteiger partial charge in [-0.2, -0.15) is 0 Å². The maximum absolute atomic E-state index is 12.4. The van der Waals surface area contributed by atoms with Gasteiger partial charge in [0.05, 0.1) is 4.92 Å². The molecule has 1 fully saturated rings. The zero-order valence-electron chi connectivity index (χ0n) is 16.1. The van der Waals surface area contributed by atoms with Gasteiger partial charge >= 0.3 is 0 Å². The number of rotatable bonds is 7. The minimum Gasteiger partial charge on any atom is -0.350 e. The number of hydrogen-bond acceptors (Lipinski definition) is 5. The zero-order chi connectivity index (χ0) is 20.6. The van der Waals surface area contributed by atoms with Gasteiger partial charge in [-0.25, -0.2) is 0 Å². The summed E-state index contributed by atoms with van der Waals surface area (Å²) in [4.78, 5) is 37.1. The maximum Gasteiger partial charge on any atom is 0.293 e. The van der Waals surface area contributed by atoms with Crippen LogP contribution in [0, 0.1) is 10.1 Å². The first-order valence-corrected chi connectivity index (χ1v) is 9.71. The number of para-hydroxylation sites is 1. The molecule has 1 heterocycles. The van der Waals surface area contributed by atoms with Crippen molar-refractivity contribution >= 4 is 28.9 Å². The summed E-state index contributed by atoms with van der Waals surface area (Å²) in [5, 5.41) is 17.2. The quantitative estimate of drug-likeness (QED) is 0.551. The second kappa shape index (κ2) is 9.68. The predicted octanol–water partition coefficient (Wildman–Crippen LogP) is 3.47. The van der Waals surface area contributed by atoms with E-state index in [2.05, 4.69) is 10.6 Å². The molecule has 1 aliphatic rings. The smallest absolute Gasteiger partial charge is 0.293 e. The molecule has 1 aliphatic heterocycles. The third-order valence-corrected chi connectivity index (χ3v) is 4.85. The monoisotopic (exact) mass is 396 g/mol. The van der Waals surface area contributed by atoms with E-state index in [9.17, 15) is 19.7 Å². The van der Waals surface area contributed by atoms with Crippen LogP contribution in [0.5, 0.6) is 0 Å². The van der Waals surface area contributed by atoms with Crippen molar-refractivity contribution in [3.8, 4) is 0 Å². The van der Waals surface area contributed by atoms with Gasteiger partial charge in [0.15, 0.2) is 0 Å². The van der Waals surface area contributed by atoms with Crippen molar-refractivity contribution in [2.45, 2.75) is 25.7 Å². The molecule has 3 rings (SSSR count). The summed E-state index contributed by atoms with van der Waals surface area (Å²) in [6.07, 6.45) is 3.48. The third-order valence-electron chi connectivity index (χ3n) is 4.85. The molecule has 2 aromatic rings. The van der Waals surface area contributed by atoms with Gasteiger partial charge in [0.1, 0.15) is 5.69 Å². The van der Waals surface area contributed by atoms with Crippen LogP contribution < -0.4 is 10.6 Å². The number of nitrogens with zero attached hydrogens (tertiary/aromatic N) is 2. The number of carbonyl (C=O) groups excluding carboxylic acids is 2. The van der Waals surface area contributed by atoms with Gasteiger partial charge in [0, 0.05) is 43.4 Å². The van der Waals surface area contributed by atoms with Crippen LogP contribution in [0.3, 0.4) is 0 Å². The van der Waals surface area contributed by atoms with Crippen molar-refractivity contribution in [3.63, 3.8) is 0 Å². The highest BCUT2D eigenvalue weighted by atomic mass is 16.6. The fourth-order valence-electron chi connectivity index (χ4n) is 3.29. The lowest BCUT2D eigenvalue weighted by Gasteiger charge is -2.20. The van der Waals surface area contributed by atoms with Crippen molar-refractivity contribution < 1.29 is 14.5 Å². The average Bonchev–Trinajstić information content (AvgIpc) is 2.93. The highest BCUT2D eigenvalue weighted by molar-refractivity contribution is 5.96. The molecule has 0 aliphatic carbocycles.